The van der Waals surface area contributed by atoms with Crippen LogP contribution in [0.3, 0.4) is 0 Å². The monoisotopic (exact) mass is 624 g/mol. The molecule has 9 aromatic rings. The molecule has 0 unspecified atom stereocenters. The van der Waals surface area contributed by atoms with E-state index in [1.54, 1.807) is 0 Å². The highest BCUT2D eigenvalue weighted by atomic mass is 14.9. The number of fused-ring (bicyclic) bond motifs is 11. The first-order valence-corrected chi connectivity index (χ1v) is 17.0. The van der Waals surface area contributed by atoms with E-state index in [0.717, 1.165) is 39.1 Å². The summed E-state index contributed by atoms with van der Waals surface area (Å²) in [7, 11) is 0. The van der Waals surface area contributed by atoms with Gasteiger partial charge in [-0.25, -0.2) is 9.97 Å². The number of rotatable bonds is 3. The quantitative estimate of drug-likeness (QED) is 0.183. The average molecular weight is 625 g/mol. The van der Waals surface area contributed by atoms with Crippen LogP contribution in [0.25, 0.3) is 88.1 Å². The van der Waals surface area contributed by atoms with Crippen molar-refractivity contribution in [1.29, 1.82) is 0 Å². The normalized spacial score (nSPS) is 13.3. The van der Waals surface area contributed by atoms with Gasteiger partial charge in [-0.3, -0.25) is 0 Å². The molecule has 0 amide bonds. The van der Waals surface area contributed by atoms with E-state index in [1.165, 1.54) is 60.1 Å². The van der Waals surface area contributed by atoms with Gasteiger partial charge in [0.05, 0.1) is 11.2 Å². The Morgan fingerprint density at radius 1 is 0.388 bits per heavy atom. The van der Waals surface area contributed by atoms with Gasteiger partial charge in [0.2, 0.25) is 0 Å². The Morgan fingerprint density at radius 2 is 0.939 bits per heavy atom. The Bertz CT molecular complexity index is 2790. The van der Waals surface area contributed by atoms with Crippen LogP contribution in [0.4, 0.5) is 0 Å². The molecular weight excluding hydrogens is 593 g/mol. The van der Waals surface area contributed by atoms with E-state index in [1.807, 2.05) is 12.1 Å². The Labute approximate surface area is 285 Å². The summed E-state index contributed by atoms with van der Waals surface area (Å²) in [6.07, 6.45) is 0. The van der Waals surface area contributed by atoms with Crippen LogP contribution in [-0.4, -0.2) is 9.97 Å². The van der Waals surface area contributed by atoms with Gasteiger partial charge in [-0.15, -0.1) is 0 Å². The lowest BCUT2D eigenvalue weighted by atomic mass is 9.77. The zero-order chi connectivity index (χ0) is 32.7. The standard InChI is InChI=1S/C47H32N2/c1-47(2)43-36-23-10-8-21-34(36)39(28-40(43)42-35-22-9-6-19-32(35)33-20-7-11-24-37(33)44(42)47)30-17-14-18-31(27-30)46-48-41-26-13-12-25-38(41)45(49-46)29-15-4-3-5-16-29/h3-28H,1-2H3. The zero-order valence-electron chi connectivity index (χ0n) is 27.4. The van der Waals surface area contributed by atoms with Crippen molar-refractivity contribution in [1.82, 2.24) is 9.97 Å². The van der Waals surface area contributed by atoms with E-state index in [2.05, 4.69) is 159 Å². The third kappa shape index (κ3) is 4.07. The first kappa shape index (κ1) is 27.9. The number of hydrogen-bond donors (Lipinski definition) is 0. The van der Waals surface area contributed by atoms with E-state index in [9.17, 15) is 0 Å². The minimum atomic E-state index is -0.180. The second-order valence-corrected chi connectivity index (χ2v) is 13.7. The summed E-state index contributed by atoms with van der Waals surface area (Å²) in [4.78, 5) is 10.3. The molecule has 0 saturated heterocycles. The van der Waals surface area contributed by atoms with E-state index >= 15 is 0 Å². The number of benzene rings is 8. The minimum Gasteiger partial charge on any atom is -0.228 e. The van der Waals surface area contributed by atoms with Crippen molar-refractivity contribution in [3.8, 4) is 44.9 Å². The van der Waals surface area contributed by atoms with Crippen LogP contribution in [0.5, 0.6) is 0 Å². The minimum absolute atomic E-state index is 0.180. The molecule has 0 aliphatic heterocycles. The van der Waals surface area contributed by atoms with E-state index in [-0.39, 0.29) is 5.41 Å². The van der Waals surface area contributed by atoms with E-state index < -0.39 is 0 Å². The fraction of sp³-hybridized carbons (Fsp3) is 0.0638. The fourth-order valence-corrected chi connectivity index (χ4v) is 8.53. The van der Waals surface area contributed by atoms with Gasteiger partial charge in [0.25, 0.3) is 0 Å². The average Bonchev–Trinajstić information content (AvgIpc) is 3.41. The van der Waals surface area contributed by atoms with Crippen LogP contribution in [0.2, 0.25) is 0 Å². The van der Waals surface area contributed by atoms with E-state index in [0.29, 0.717) is 0 Å². The number of nitrogens with zero attached hydrogens (tertiary/aromatic N) is 2. The smallest absolute Gasteiger partial charge is 0.160 e. The molecule has 8 aromatic carbocycles. The Morgan fingerprint density at radius 3 is 1.69 bits per heavy atom. The SMILES string of the molecule is CC1(C)c2c(cc(-c3cccc(-c4nc(-c5ccccc5)c5ccccc5n4)c3)c3ccccc23)-c2c1c1ccccc1c1ccccc21. The third-order valence-electron chi connectivity index (χ3n) is 10.6. The molecule has 1 aliphatic rings. The van der Waals surface area contributed by atoms with Gasteiger partial charge in [-0.1, -0.05) is 153 Å². The number of aromatic nitrogens is 2. The molecule has 0 atom stereocenters. The Hall–Kier alpha value is -6.12. The van der Waals surface area contributed by atoms with Crippen LogP contribution < -0.4 is 0 Å². The molecule has 0 spiro atoms. The van der Waals surface area contributed by atoms with Gasteiger partial charge in [-0.05, 0) is 83.9 Å². The maximum Gasteiger partial charge on any atom is 0.160 e. The highest BCUT2D eigenvalue weighted by Crippen LogP contribution is 2.57. The topological polar surface area (TPSA) is 25.8 Å². The molecule has 230 valence electrons. The first-order chi connectivity index (χ1) is 24.1. The molecule has 0 radical (unpaired) electrons. The predicted molar refractivity (Wildman–Crippen MR) is 206 cm³/mol. The predicted octanol–water partition coefficient (Wildman–Crippen LogP) is 12.4. The van der Waals surface area contributed by atoms with Crippen LogP contribution in [-0.2, 0) is 5.41 Å². The molecule has 1 aromatic heterocycles. The zero-order valence-corrected chi connectivity index (χ0v) is 27.4. The molecule has 10 rings (SSSR count). The van der Waals surface area contributed by atoms with Crippen LogP contribution in [0, 0.1) is 0 Å². The summed E-state index contributed by atoms with van der Waals surface area (Å²) in [6, 6.07) is 56.8. The van der Waals surface area contributed by atoms with Crippen molar-refractivity contribution in [3.63, 3.8) is 0 Å². The van der Waals surface area contributed by atoms with Crippen molar-refractivity contribution < 1.29 is 0 Å². The highest BCUT2D eigenvalue weighted by Gasteiger charge is 2.40. The van der Waals surface area contributed by atoms with Crippen molar-refractivity contribution in [2.75, 3.05) is 0 Å². The van der Waals surface area contributed by atoms with Crippen molar-refractivity contribution in [2.45, 2.75) is 19.3 Å². The number of hydrogen-bond acceptors (Lipinski definition) is 2. The van der Waals surface area contributed by atoms with Gasteiger partial charge >= 0.3 is 0 Å². The van der Waals surface area contributed by atoms with Gasteiger partial charge in [0.1, 0.15) is 0 Å². The highest BCUT2D eigenvalue weighted by molar-refractivity contribution is 6.20. The van der Waals surface area contributed by atoms with Crippen LogP contribution in [0.1, 0.15) is 25.0 Å². The molecule has 2 heteroatoms. The Balaban J connectivity index is 1.24. The third-order valence-corrected chi connectivity index (χ3v) is 10.6. The lowest BCUT2D eigenvalue weighted by molar-refractivity contribution is 0.672. The fourth-order valence-electron chi connectivity index (χ4n) is 8.53. The van der Waals surface area contributed by atoms with Gasteiger partial charge < -0.3 is 0 Å². The number of para-hydroxylation sites is 1. The van der Waals surface area contributed by atoms with Crippen molar-refractivity contribution in [3.05, 3.63) is 169 Å². The molecule has 0 saturated carbocycles. The van der Waals surface area contributed by atoms with Crippen molar-refractivity contribution in [2.24, 2.45) is 0 Å². The summed E-state index contributed by atoms with van der Waals surface area (Å²) in [5.74, 6) is 0.730. The summed E-state index contributed by atoms with van der Waals surface area (Å²) in [5, 5.41) is 8.91. The molecule has 0 fully saturated rings. The largest absolute Gasteiger partial charge is 0.228 e. The Kier molecular flexibility index (Phi) is 5.95. The summed E-state index contributed by atoms with van der Waals surface area (Å²) >= 11 is 0. The van der Waals surface area contributed by atoms with Gasteiger partial charge in [0, 0.05) is 21.9 Å². The maximum absolute atomic E-state index is 5.20. The molecule has 0 N–H and O–H groups in total. The lowest BCUT2D eigenvalue weighted by Gasteiger charge is -2.25. The lowest BCUT2D eigenvalue weighted by Crippen LogP contribution is -2.16. The second-order valence-electron chi connectivity index (χ2n) is 13.7. The van der Waals surface area contributed by atoms with Crippen LogP contribution >= 0.6 is 0 Å². The molecule has 1 aliphatic carbocycles. The molecule has 2 nitrogen and oxygen atoms in total. The van der Waals surface area contributed by atoms with Crippen molar-refractivity contribution >= 4 is 43.2 Å². The van der Waals surface area contributed by atoms with Gasteiger partial charge in [-0.2, -0.15) is 0 Å². The molecular formula is C47H32N2. The second kappa shape index (κ2) is 10.4. The first-order valence-electron chi connectivity index (χ1n) is 17.0. The molecule has 1 heterocycles. The summed E-state index contributed by atoms with van der Waals surface area (Å²) in [5.41, 5.74) is 11.7. The summed E-state index contributed by atoms with van der Waals surface area (Å²) < 4.78 is 0. The van der Waals surface area contributed by atoms with Crippen LogP contribution in [0.15, 0.2) is 158 Å². The molecule has 0 bridgehead atoms. The summed E-state index contributed by atoms with van der Waals surface area (Å²) in [6.45, 7) is 4.82. The molecule has 49 heavy (non-hydrogen) atoms. The van der Waals surface area contributed by atoms with E-state index in [4.69, 9.17) is 9.97 Å². The maximum atomic E-state index is 5.20. The van der Waals surface area contributed by atoms with Gasteiger partial charge in [0.15, 0.2) is 5.82 Å².